The maximum Gasteiger partial charge on any atom is 0.324 e. The number of amides is 3. The van der Waals surface area contributed by atoms with Crippen LogP contribution in [0.1, 0.15) is 89.3 Å². The average Bonchev–Trinajstić information content (AvgIpc) is 3.66. The number of aryl methyl sites for hydroxylation is 1. The summed E-state index contributed by atoms with van der Waals surface area (Å²) in [5.74, 6) is -1.19. The number of para-hydroxylation sites is 1. The number of carbonyl (C=O) groups excluding carboxylic acids is 4. The maximum atomic E-state index is 14.7. The molecule has 0 spiro atoms. The number of fused-ring (bicyclic) bond motifs is 6. The summed E-state index contributed by atoms with van der Waals surface area (Å²) < 4.78 is 19.7. The first-order chi connectivity index (χ1) is 33.6. The van der Waals surface area contributed by atoms with E-state index in [1.165, 1.54) is 9.91 Å². The van der Waals surface area contributed by atoms with Crippen LogP contribution in [-0.4, -0.2) is 108 Å². The molecule has 0 radical (unpaired) electrons. The third-order valence-electron chi connectivity index (χ3n) is 13.4. The highest BCUT2D eigenvalue weighted by molar-refractivity contribution is 5.96. The highest BCUT2D eigenvalue weighted by atomic mass is 16.5. The summed E-state index contributed by atoms with van der Waals surface area (Å²) in [4.78, 5) is 71.4. The smallest absolute Gasteiger partial charge is 0.324 e. The Kier molecular flexibility index (Phi) is 16.7. The van der Waals surface area contributed by atoms with Crippen molar-refractivity contribution in [2.24, 2.45) is 21.3 Å². The van der Waals surface area contributed by atoms with E-state index in [4.69, 9.17) is 19.2 Å². The van der Waals surface area contributed by atoms with Crippen molar-refractivity contribution in [2.45, 2.75) is 111 Å². The van der Waals surface area contributed by atoms with Gasteiger partial charge in [0.05, 0.1) is 50.3 Å². The van der Waals surface area contributed by atoms with Gasteiger partial charge >= 0.3 is 5.97 Å². The molecule has 4 atom stereocenters. The molecule has 3 amide bonds. The van der Waals surface area contributed by atoms with E-state index in [0.717, 1.165) is 61.4 Å². The van der Waals surface area contributed by atoms with Crippen molar-refractivity contribution in [1.82, 2.24) is 30.2 Å². The van der Waals surface area contributed by atoms with Gasteiger partial charge in [0, 0.05) is 73.7 Å². The fourth-order valence-corrected chi connectivity index (χ4v) is 9.71. The summed E-state index contributed by atoms with van der Waals surface area (Å²) in [5.41, 5.74) is 11.4. The lowest BCUT2D eigenvalue weighted by Crippen LogP contribution is -2.62. The third-order valence-corrected chi connectivity index (χ3v) is 13.4. The van der Waals surface area contributed by atoms with E-state index in [-0.39, 0.29) is 43.9 Å². The Bertz CT molecular complexity index is 2760. The molecular formula is C55H68N8O7. The molecule has 0 aliphatic carbocycles. The van der Waals surface area contributed by atoms with E-state index >= 15 is 0 Å². The van der Waals surface area contributed by atoms with Crippen molar-refractivity contribution in [3.63, 3.8) is 0 Å². The van der Waals surface area contributed by atoms with Crippen LogP contribution < -0.4 is 15.5 Å². The zero-order chi connectivity index (χ0) is 50.1. The molecule has 2 aromatic heterocycles. The lowest BCUT2D eigenvalue weighted by molar-refractivity contribution is -0.155. The van der Waals surface area contributed by atoms with Crippen molar-refractivity contribution in [1.29, 1.82) is 0 Å². The predicted octanol–water partition coefficient (Wildman–Crippen LogP) is 8.00. The summed E-state index contributed by atoms with van der Waals surface area (Å²) in [6, 6.07) is 26.1. The standard InChI is InChI=1S/C55H68N8O7/c1-10-62-46-23-22-39-30-42(46)43(51(62)41-19-14-25-58-49(41)36(4)68-8)31-55(5,6)33-70-54(67)44-20-15-27-63(60-44)53(66)45(29-37-16-13-18-38(39)28-37)59-52(65)50(35(2)3)61(7)48(64)24-26-56-34-57-32-40-17-11-12-21-47(40)69-9/h11-14,16-19,21-23,25,28,30,35-36,44-45,50,60H,10,15,20,24,26-27,29,31-33H2,1-9H3,(H,59,65)/t36-,44-,45-,50-/m0/s1. The number of aromatic nitrogens is 2. The van der Waals surface area contributed by atoms with Crippen LogP contribution in [0, 0.1) is 11.3 Å². The molecule has 370 valence electrons. The number of esters is 1. The minimum Gasteiger partial charge on any atom is -0.496 e. The molecule has 2 aliphatic rings. The van der Waals surface area contributed by atoms with Gasteiger partial charge in [0.15, 0.2) is 0 Å². The van der Waals surface area contributed by atoms with Gasteiger partial charge in [0.25, 0.3) is 5.91 Å². The van der Waals surface area contributed by atoms with Crippen molar-refractivity contribution >= 4 is 40.6 Å². The summed E-state index contributed by atoms with van der Waals surface area (Å²) >= 11 is 0. The van der Waals surface area contributed by atoms with Crippen molar-refractivity contribution in [3.8, 4) is 28.1 Å². The molecule has 5 aromatic rings. The van der Waals surface area contributed by atoms with Crippen LogP contribution in [0.25, 0.3) is 33.3 Å². The van der Waals surface area contributed by atoms with Gasteiger partial charge in [0.1, 0.15) is 23.9 Å². The highest BCUT2D eigenvalue weighted by Crippen LogP contribution is 2.42. The van der Waals surface area contributed by atoms with Gasteiger partial charge in [-0.15, -0.1) is 0 Å². The number of nitrogens with one attached hydrogen (secondary N) is 2. The molecule has 0 saturated carbocycles. The molecule has 2 N–H and O–H groups in total. The highest BCUT2D eigenvalue weighted by Gasteiger charge is 2.38. The second-order valence-electron chi connectivity index (χ2n) is 19.4. The number of hydrazine groups is 1. The van der Waals surface area contributed by atoms with E-state index in [2.05, 4.69) is 88.5 Å². The average molecular weight is 953 g/mol. The summed E-state index contributed by atoms with van der Waals surface area (Å²) in [6.07, 6.45) is 3.33. The first-order valence-electron chi connectivity index (χ1n) is 24.4. The summed E-state index contributed by atoms with van der Waals surface area (Å²) in [6.45, 7) is 13.7. The topological polar surface area (TPSA) is 169 Å². The largest absolute Gasteiger partial charge is 0.496 e. The number of methoxy groups -OCH3 is 2. The molecule has 7 rings (SSSR count). The van der Waals surface area contributed by atoms with Crippen LogP contribution in [0.2, 0.25) is 0 Å². The Morgan fingerprint density at radius 1 is 1.01 bits per heavy atom. The van der Waals surface area contributed by atoms with Crippen LogP contribution >= 0.6 is 0 Å². The zero-order valence-corrected chi connectivity index (χ0v) is 42.1. The van der Waals surface area contributed by atoms with Gasteiger partial charge in [-0.2, -0.15) is 0 Å². The molecule has 2 aliphatic heterocycles. The SMILES string of the molecule is CCn1c(-c2cccnc2[C@H](C)OC)c2c3cc(ccc31)-c1cccc(c1)C[C@H](NC(=O)[C@H](C(C)C)N(C)C(=O)CCN=C=NCc1ccccc1OC)C(=O)N1CCC[C@H](N1)C(=O)OCC(C)(C)C2. The fraction of sp³-hybridized carbons (Fsp3) is 0.455. The molecule has 6 bridgehead atoms. The van der Waals surface area contributed by atoms with Gasteiger partial charge in [-0.05, 0) is 91.6 Å². The Labute approximate surface area is 411 Å². The number of hydrogen-bond acceptors (Lipinski definition) is 11. The number of ether oxygens (including phenoxy) is 3. The summed E-state index contributed by atoms with van der Waals surface area (Å²) in [5, 5.41) is 5.58. The van der Waals surface area contributed by atoms with Gasteiger partial charge in [-0.3, -0.25) is 29.2 Å². The van der Waals surface area contributed by atoms with E-state index in [1.807, 2.05) is 63.2 Å². The summed E-state index contributed by atoms with van der Waals surface area (Å²) in [7, 11) is 4.89. The van der Waals surface area contributed by atoms with Crippen LogP contribution in [0.4, 0.5) is 0 Å². The van der Waals surface area contributed by atoms with E-state index in [1.54, 1.807) is 27.5 Å². The van der Waals surface area contributed by atoms with Gasteiger partial charge in [-0.1, -0.05) is 76.2 Å². The minimum atomic E-state index is -1.05. The Balaban J connectivity index is 1.21. The lowest BCUT2D eigenvalue weighted by Gasteiger charge is -2.36. The normalized spacial score (nSPS) is 18.0. The molecule has 70 heavy (non-hydrogen) atoms. The Morgan fingerprint density at radius 2 is 1.80 bits per heavy atom. The van der Waals surface area contributed by atoms with Crippen molar-refractivity contribution in [3.05, 3.63) is 107 Å². The van der Waals surface area contributed by atoms with Crippen molar-refractivity contribution in [2.75, 3.05) is 41.0 Å². The minimum absolute atomic E-state index is 0.0288. The number of hydrogen-bond donors (Lipinski definition) is 2. The molecular weight excluding hydrogens is 885 g/mol. The van der Waals surface area contributed by atoms with Gasteiger partial charge in [0.2, 0.25) is 11.8 Å². The number of aliphatic imine (C=N–C) groups is 2. The zero-order valence-electron chi connectivity index (χ0n) is 42.1. The number of pyridine rings is 1. The number of benzene rings is 3. The molecule has 15 heteroatoms. The van der Waals surface area contributed by atoms with Crippen LogP contribution in [0.3, 0.4) is 0 Å². The Morgan fingerprint density at radius 3 is 2.56 bits per heavy atom. The molecule has 0 unspecified atom stereocenters. The quantitative estimate of drug-likeness (QED) is 0.0828. The number of likely N-dealkylation sites (N-methyl/N-ethyl adjacent to an activating group) is 1. The van der Waals surface area contributed by atoms with Crippen molar-refractivity contribution < 1.29 is 33.4 Å². The molecule has 3 aromatic carbocycles. The molecule has 1 saturated heterocycles. The van der Waals surface area contributed by atoms with E-state index in [9.17, 15) is 19.2 Å². The maximum absolute atomic E-state index is 14.7. The fourth-order valence-electron chi connectivity index (χ4n) is 9.71. The third kappa shape index (κ3) is 11.7. The van der Waals surface area contributed by atoms with E-state index in [0.29, 0.717) is 38.9 Å². The van der Waals surface area contributed by atoms with Gasteiger partial charge < -0.3 is 29.0 Å². The second-order valence-corrected chi connectivity index (χ2v) is 19.4. The number of nitrogens with zero attached hydrogens (tertiary/aromatic N) is 6. The second kappa shape index (κ2) is 22.8. The number of carbonyl (C=O) groups is 4. The monoisotopic (exact) mass is 953 g/mol. The first kappa shape index (κ1) is 51.2. The molecule has 4 heterocycles. The molecule has 15 nitrogen and oxygen atoms in total. The van der Waals surface area contributed by atoms with E-state index < -0.39 is 41.3 Å². The first-order valence-corrected chi connectivity index (χ1v) is 24.4. The predicted molar refractivity (Wildman–Crippen MR) is 271 cm³/mol. The number of rotatable bonds is 14. The number of cyclic esters (lactones) is 1. The van der Waals surface area contributed by atoms with Crippen LogP contribution in [0.15, 0.2) is 95.0 Å². The lowest BCUT2D eigenvalue weighted by atomic mass is 9.84. The molecule has 1 fully saturated rings. The van der Waals surface area contributed by atoms with Crippen LogP contribution in [0.5, 0.6) is 5.75 Å². The van der Waals surface area contributed by atoms with Crippen LogP contribution in [-0.2, 0) is 54.6 Å². The Hall–Kier alpha value is -6.67. The van der Waals surface area contributed by atoms with Gasteiger partial charge in [-0.25, -0.2) is 15.4 Å².